The number of nitrogens with one attached hydrogen (secondary N) is 1. The molecular formula is C19H26N6O4. The van der Waals surface area contributed by atoms with Crippen LogP contribution in [0, 0.1) is 22.0 Å². The smallest absolute Gasteiger partial charge is 0.353 e. The number of anilines is 4. The normalized spacial score (nSPS) is 19.0. The number of aromatic nitrogens is 2. The Balaban J connectivity index is 2.05. The Labute approximate surface area is 169 Å². The third-order valence-corrected chi connectivity index (χ3v) is 4.89. The van der Waals surface area contributed by atoms with Crippen molar-refractivity contribution in [3.8, 4) is 11.5 Å². The molecule has 1 aliphatic rings. The number of ether oxygens (including phenoxy) is 2. The molecule has 0 saturated carbocycles. The van der Waals surface area contributed by atoms with Crippen LogP contribution in [0.15, 0.2) is 18.2 Å². The number of hydrogen-bond acceptors (Lipinski definition) is 9. The molecule has 29 heavy (non-hydrogen) atoms. The molecule has 3 rings (SSSR count). The van der Waals surface area contributed by atoms with Crippen molar-refractivity contribution in [1.82, 2.24) is 9.97 Å². The van der Waals surface area contributed by atoms with Crippen molar-refractivity contribution in [1.29, 1.82) is 0 Å². The molecule has 156 valence electrons. The van der Waals surface area contributed by atoms with Gasteiger partial charge in [-0.2, -0.15) is 9.97 Å². The number of nitrogens with zero attached hydrogens (tertiary/aromatic N) is 4. The van der Waals surface area contributed by atoms with E-state index in [4.69, 9.17) is 15.2 Å². The first-order chi connectivity index (χ1) is 13.8. The van der Waals surface area contributed by atoms with E-state index in [1.165, 1.54) is 14.2 Å². The lowest BCUT2D eigenvalue weighted by molar-refractivity contribution is -0.383. The quantitative estimate of drug-likeness (QED) is 0.552. The van der Waals surface area contributed by atoms with E-state index >= 15 is 0 Å². The minimum atomic E-state index is -0.588. The van der Waals surface area contributed by atoms with Gasteiger partial charge in [-0.1, -0.05) is 13.8 Å². The minimum absolute atomic E-state index is 0.00920. The van der Waals surface area contributed by atoms with Gasteiger partial charge in [0.1, 0.15) is 11.5 Å². The summed E-state index contributed by atoms with van der Waals surface area (Å²) in [6.45, 7) is 5.86. The maximum Gasteiger partial charge on any atom is 0.353 e. The molecular weight excluding hydrogens is 376 g/mol. The lowest BCUT2D eigenvalue weighted by Crippen LogP contribution is -2.39. The Morgan fingerprint density at radius 2 is 1.90 bits per heavy atom. The Morgan fingerprint density at radius 3 is 2.48 bits per heavy atom. The highest BCUT2D eigenvalue weighted by atomic mass is 16.6. The number of methoxy groups -OCH3 is 2. The van der Waals surface area contributed by atoms with Crippen LogP contribution in [0.4, 0.5) is 29.0 Å². The molecule has 0 amide bonds. The predicted octanol–water partition coefficient (Wildman–Crippen LogP) is 3.21. The fourth-order valence-electron chi connectivity index (χ4n) is 3.73. The van der Waals surface area contributed by atoms with Gasteiger partial charge in [-0.25, -0.2) is 0 Å². The van der Waals surface area contributed by atoms with E-state index in [-0.39, 0.29) is 17.3 Å². The van der Waals surface area contributed by atoms with Gasteiger partial charge in [-0.05, 0) is 30.4 Å². The molecule has 3 N–H and O–H groups in total. The highest BCUT2D eigenvalue weighted by Gasteiger charge is 2.29. The first kappa shape index (κ1) is 20.4. The van der Waals surface area contributed by atoms with Crippen LogP contribution in [0.2, 0.25) is 0 Å². The van der Waals surface area contributed by atoms with Crippen LogP contribution in [-0.4, -0.2) is 42.2 Å². The van der Waals surface area contributed by atoms with Crippen LogP contribution >= 0.6 is 0 Å². The Kier molecular flexibility index (Phi) is 5.90. The van der Waals surface area contributed by atoms with E-state index in [0.29, 0.717) is 35.0 Å². The molecule has 1 fully saturated rings. The zero-order valence-corrected chi connectivity index (χ0v) is 17.0. The number of nitro groups is 1. The maximum absolute atomic E-state index is 11.6. The molecule has 2 aromatic rings. The van der Waals surface area contributed by atoms with Gasteiger partial charge < -0.3 is 25.4 Å². The maximum atomic E-state index is 11.6. The zero-order chi connectivity index (χ0) is 21.1. The first-order valence-corrected chi connectivity index (χ1v) is 9.38. The average molecular weight is 402 g/mol. The second-order valence-electron chi connectivity index (χ2n) is 7.41. The SMILES string of the molecule is COc1ccc(OC)c(Nc2nc(N3CC(C)CC(C)C3)nc(N)c2[N+](=O)[O-])c1. The molecule has 10 heteroatoms. The second kappa shape index (κ2) is 8.38. The van der Waals surface area contributed by atoms with Crippen LogP contribution in [0.1, 0.15) is 20.3 Å². The fraction of sp³-hybridized carbons (Fsp3) is 0.474. The van der Waals surface area contributed by atoms with Gasteiger partial charge in [0, 0.05) is 19.2 Å². The van der Waals surface area contributed by atoms with Gasteiger partial charge >= 0.3 is 5.69 Å². The summed E-state index contributed by atoms with van der Waals surface area (Å²) in [7, 11) is 3.05. The molecule has 2 atom stereocenters. The Bertz CT molecular complexity index is 897. The number of rotatable bonds is 6. The third-order valence-electron chi connectivity index (χ3n) is 4.89. The molecule has 1 aliphatic heterocycles. The average Bonchev–Trinajstić information content (AvgIpc) is 2.66. The lowest BCUT2D eigenvalue weighted by atomic mass is 9.92. The summed E-state index contributed by atoms with van der Waals surface area (Å²) in [6.07, 6.45) is 1.12. The van der Waals surface area contributed by atoms with Gasteiger partial charge in [-0.15, -0.1) is 0 Å². The Hall–Kier alpha value is -3.30. The van der Waals surface area contributed by atoms with Crippen LogP contribution in [0.3, 0.4) is 0 Å². The molecule has 0 aliphatic carbocycles. The van der Waals surface area contributed by atoms with Gasteiger partial charge in [0.2, 0.25) is 17.6 Å². The standard InChI is InChI=1S/C19H26N6O4/c1-11-7-12(2)10-24(9-11)19-22-17(20)16(25(26)27)18(23-19)21-14-8-13(28-3)5-6-15(14)29-4/h5-6,8,11-12H,7,9-10H2,1-4H3,(H3,20,21,22,23). The van der Waals surface area contributed by atoms with Crippen molar-refractivity contribution in [2.45, 2.75) is 20.3 Å². The number of piperidine rings is 1. The van der Waals surface area contributed by atoms with Crippen molar-refractivity contribution in [2.24, 2.45) is 11.8 Å². The van der Waals surface area contributed by atoms with Crippen LogP contribution in [0.5, 0.6) is 11.5 Å². The highest BCUT2D eigenvalue weighted by molar-refractivity contribution is 5.77. The topological polar surface area (TPSA) is 129 Å². The summed E-state index contributed by atoms with van der Waals surface area (Å²) in [5.74, 6) is 2.18. The van der Waals surface area contributed by atoms with Gasteiger partial charge in [-0.3, -0.25) is 10.1 Å². The molecule has 10 nitrogen and oxygen atoms in total. The van der Waals surface area contributed by atoms with Crippen LogP contribution in [-0.2, 0) is 0 Å². The lowest BCUT2D eigenvalue weighted by Gasteiger charge is -2.35. The number of benzene rings is 1. The second-order valence-corrected chi connectivity index (χ2v) is 7.41. The zero-order valence-electron chi connectivity index (χ0n) is 17.0. The number of nitrogens with two attached hydrogens (primary N) is 1. The van der Waals surface area contributed by atoms with Crippen molar-refractivity contribution in [3.63, 3.8) is 0 Å². The fourth-order valence-corrected chi connectivity index (χ4v) is 3.73. The van der Waals surface area contributed by atoms with Crippen LogP contribution < -0.4 is 25.4 Å². The van der Waals surface area contributed by atoms with E-state index in [2.05, 4.69) is 29.1 Å². The molecule has 0 bridgehead atoms. The predicted molar refractivity (Wildman–Crippen MR) is 111 cm³/mol. The van der Waals surface area contributed by atoms with Gasteiger partial charge in [0.15, 0.2) is 0 Å². The van der Waals surface area contributed by atoms with Gasteiger partial charge in [0.05, 0.1) is 24.8 Å². The Morgan fingerprint density at radius 1 is 1.21 bits per heavy atom. The van der Waals surface area contributed by atoms with E-state index in [1.807, 2.05) is 4.90 Å². The molecule has 2 unspecified atom stereocenters. The van der Waals surface area contributed by atoms with E-state index in [9.17, 15) is 10.1 Å². The van der Waals surface area contributed by atoms with Crippen molar-refractivity contribution in [3.05, 3.63) is 28.3 Å². The molecule has 1 aromatic carbocycles. The molecule has 2 heterocycles. The molecule has 1 saturated heterocycles. The van der Waals surface area contributed by atoms with Crippen molar-refractivity contribution >= 4 is 29.0 Å². The van der Waals surface area contributed by atoms with Crippen molar-refractivity contribution < 1.29 is 14.4 Å². The summed E-state index contributed by atoms with van der Waals surface area (Å²) in [6, 6.07) is 5.10. The van der Waals surface area contributed by atoms with E-state index in [0.717, 1.165) is 19.5 Å². The monoisotopic (exact) mass is 402 g/mol. The number of hydrogen-bond donors (Lipinski definition) is 2. The largest absolute Gasteiger partial charge is 0.497 e. The summed E-state index contributed by atoms with van der Waals surface area (Å²) < 4.78 is 10.6. The summed E-state index contributed by atoms with van der Waals surface area (Å²) in [5.41, 5.74) is 6.06. The summed E-state index contributed by atoms with van der Waals surface area (Å²) in [4.78, 5) is 21.8. The van der Waals surface area contributed by atoms with E-state index in [1.54, 1.807) is 18.2 Å². The minimum Gasteiger partial charge on any atom is -0.497 e. The summed E-state index contributed by atoms with van der Waals surface area (Å²) in [5, 5.41) is 14.6. The van der Waals surface area contributed by atoms with E-state index < -0.39 is 4.92 Å². The van der Waals surface area contributed by atoms with Crippen LogP contribution in [0.25, 0.3) is 0 Å². The van der Waals surface area contributed by atoms with Gasteiger partial charge in [0.25, 0.3) is 0 Å². The first-order valence-electron chi connectivity index (χ1n) is 9.38. The highest BCUT2D eigenvalue weighted by Crippen LogP contribution is 2.37. The molecule has 1 aromatic heterocycles. The molecule has 0 radical (unpaired) electrons. The third kappa shape index (κ3) is 4.41. The molecule has 0 spiro atoms. The number of nitrogen functional groups attached to an aromatic ring is 1. The van der Waals surface area contributed by atoms with Crippen molar-refractivity contribution in [2.75, 3.05) is 43.3 Å². The summed E-state index contributed by atoms with van der Waals surface area (Å²) >= 11 is 0.